The van der Waals surface area contributed by atoms with Crippen LogP contribution in [0, 0.1) is 0 Å². The highest BCUT2D eigenvalue weighted by molar-refractivity contribution is 7.98. The van der Waals surface area contributed by atoms with E-state index in [0.29, 0.717) is 13.2 Å². The number of fused-ring (bicyclic) bond motifs is 1. The van der Waals surface area contributed by atoms with E-state index in [1.807, 2.05) is 6.92 Å². The molecule has 0 spiro atoms. The summed E-state index contributed by atoms with van der Waals surface area (Å²) in [5, 5.41) is 12.9. The topological polar surface area (TPSA) is 50.7 Å². The SMILES string of the molecule is CCC(O)CCNCc1cc2c(cc1SC)OCCO2. The van der Waals surface area contributed by atoms with Gasteiger partial charge in [0.05, 0.1) is 6.10 Å². The maximum Gasteiger partial charge on any atom is 0.162 e. The summed E-state index contributed by atoms with van der Waals surface area (Å²) < 4.78 is 11.2. The second-order valence-corrected chi connectivity index (χ2v) is 5.68. The molecular formula is C15H23NO3S. The average molecular weight is 297 g/mol. The normalized spacial score (nSPS) is 15.2. The number of thioether (sulfide) groups is 1. The molecule has 4 nitrogen and oxygen atoms in total. The summed E-state index contributed by atoms with van der Waals surface area (Å²) in [6, 6.07) is 4.11. The highest BCUT2D eigenvalue weighted by Crippen LogP contribution is 2.36. The number of aliphatic hydroxyl groups is 1. The van der Waals surface area contributed by atoms with Crippen molar-refractivity contribution in [2.24, 2.45) is 0 Å². The number of rotatable bonds is 7. The fourth-order valence-electron chi connectivity index (χ4n) is 2.14. The van der Waals surface area contributed by atoms with Crippen molar-refractivity contribution in [2.75, 3.05) is 26.0 Å². The van der Waals surface area contributed by atoms with E-state index < -0.39 is 0 Å². The second kappa shape index (κ2) is 7.76. The first-order valence-electron chi connectivity index (χ1n) is 7.10. The molecule has 1 aromatic carbocycles. The summed E-state index contributed by atoms with van der Waals surface area (Å²) in [5.74, 6) is 1.67. The highest BCUT2D eigenvalue weighted by atomic mass is 32.2. The maximum atomic E-state index is 9.53. The Hall–Kier alpha value is -0.910. The van der Waals surface area contributed by atoms with Crippen molar-refractivity contribution < 1.29 is 14.6 Å². The van der Waals surface area contributed by atoms with Gasteiger partial charge in [-0.15, -0.1) is 11.8 Å². The Bertz CT molecular complexity index is 439. The van der Waals surface area contributed by atoms with Crippen LogP contribution in [-0.4, -0.2) is 37.2 Å². The molecule has 1 atom stereocenters. The third kappa shape index (κ3) is 4.04. The van der Waals surface area contributed by atoms with Crippen molar-refractivity contribution in [1.29, 1.82) is 0 Å². The molecule has 1 aliphatic rings. The number of aliphatic hydroxyl groups excluding tert-OH is 1. The lowest BCUT2D eigenvalue weighted by molar-refractivity contribution is 0.159. The van der Waals surface area contributed by atoms with Crippen molar-refractivity contribution in [1.82, 2.24) is 5.32 Å². The molecule has 0 aromatic heterocycles. The van der Waals surface area contributed by atoms with Crippen molar-refractivity contribution in [3.05, 3.63) is 17.7 Å². The zero-order valence-electron chi connectivity index (χ0n) is 12.1. The van der Waals surface area contributed by atoms with Gasteiger partial charge in [-0.3, -0.25) is 0 Å². The van der Waals surface area contributed by atoms with Gasteiger partial charge in [0.15, 0.2) is 11.5 Å². The summed E-state index contributed by atoms with van der Waals surface area (Å²) in [6.07, 6.45) is 3.45. The predicted molar refractivity (Wildman–Crippen MR) is 81.8 cm³/mol. The first-order valence-corrected chi connectivity index (χ1v) is 8.32. The fraction of sp³-hybridized carbons (Fsp3) is 0.600. The molecule has 0 saturated carbocycles. The van der Waals surface area contributed by atoms with Crippen LogP contribution in [0.5, 0.6) is 11.5 Å². The Labute approximate surface area is 124 Å². The fourth-order valence-corrected chi connectivity index (χ4v) is 2.75. The molecule has 112 valence electrons. The summed E-state index contributed by atoms with van der Waals surface area (Å²) in [7, 11) is 0. The van der Waals surface area contributed by atoms with Crippen LogP contribution in [0.2, 0.25) is 0 Å². The molecule has 2 N–H and O–H groups in total. The van der Waals surface area contributed by atoms with E-state index in [1.54, 1.807) is 11.8 Å². The molecule has 1 heterocycles. The zero-order valence-corrected chi connectivity index (χ0v) is 13.0. The smallest absolute Gasteiger partial charge is 0.162 e. The molecule has 1 aliphatic heterocycles. The largest absolute Gasteiger partial charge is 0.486 e. The molecular weight excluding hydrogens is 274 g/mol. The molecule has 1 unspecified atom stereocenters. The number of hydrogen-bond acceptors (Lipinski definition) is 5. The van der Waals surface area contributed by atoms with Crippen LogP contribution in [0.1, 0.15) is 25.3 Å². The van der Waals surface area contributed by atoms with E-state index in [1.165, 1.54) is 10.5 Å². The first kappa shape index (κ1) is 15.5. The lowest BCUT2D eigenvalue weighted by atomic mass is 10.1. The van der Waals surface area contributed by atoms with Gasteiger partial charge in [-0.1, -0.05) is 6.92 Å². The van der Waals surface area contributed by atoms with Crippen molar-refractivity contribution in [2.45, 2.75) is 37.3 Å². The Kier molecular flexibility index (Phi) is 6.01. The molecule has 2 rings (SSSR count). The van der Waals surface area contributed by atoms with Crippen LogP contribution < -0.4 is 14.8 Å². The van der Waals surface area contributed by atoms with Crippen LogP contribution in [0.3, 0.4) is 0 Å². The molecule has 1 aromatic rings. The minimum Gasteiger partial charge on any atom is -0.486 e. The third-order valence-corrected chi connectivity index (χ3v) is 4.21. The van der Waals surface area contributed by atoms with Gasteiger partial charge in [-0.05, 0) is 43.3 Å². The zero-order chi connectivity index (χ0) is 14.4. The van der Waals surface area contributed by atoms with E-state index in [-0.39, 0.29) is 6.10 Å². The first-order chi connectivity index (χ1) is 9.74. The van der Waals surface area contributed by atoms with Gasteiger partial charge in [-0.2, -0.15) is 0 Å². The summed E-state index contributed by atoms with van der Waals surface area (Å²) >= 11 is 1.71. The van der Waals surface area contributed by atoms with Crippen molar-refractivity contribution >= 4 is 11.8 Å². The van der Waals surface area contributed by atoms with E-state index >= 15 is 0 Å². The van der Waals surface area contributed by atoms with Crippen molar-refractivity contribution in [3.63, 3.8) is 0 Å². The van der Waals surface area contributed by atoms with Gasteiger partial charge >= 0.3 is 0 Å². The van der Waals surface area contributed by atoms with Crippen molar-refractivity contribution in [3.8, 4) is 11.5 Å². The van der Waals surface area contributed by atoms with Gasteiger partial charge in [0.1, 0.15) is 13.2 Å². The Balaban J connectivity index is 1.96. The molecule has 0 fully saturated rings. The molecule has 0 aliphatic carbocycles. The molecule has 5 heteroatoms. The molecule has 0 radical (unpaired) electrons. The number of benzene rings is 1. The number of nitrogens with one attached hydrogen (secondary N) is 1. The maximum absolute atomic E-state index is 9.53. The quantitative estimate of drug-likeness (QED) is 0.598. The number of hydrogen-bond donors (Lipinski definition) is 2. The van der Waals surface area contributed by atoms with Crippen LogP contribution in [-0.2, 0) is 6.54 Å². The minimum absolute atomic E-state index is 0.206. The van der Waals surface area contributed by atoms with Gasteiger partial charge < -0.3 is 19.9 Å². The van der Waals surface area contributed by atoms with Gasteiger partial charge in [-0.25, -0.2) is 0 Å². The Morgan fingerprint density at radius 2 is 2.00 bits per heavy atom. The molecule has 0 bridgehead atoms. The Morgan fingerprint density at radius 1 is 1.30 bits per heavy atom. The lowest BCUT2D eigenvalue weighted by Gasteiger charge is -2.21. The summed E-state index contributed by atoms with van der Waals surface area (Å²) in [5.41, 5.74) is 1.22. The van der Waals surface area contributed by atoms with Gasteiger partial charge in [0, 0.05) is 11.4 Å². The minimum atomic E-state index is -0.206. The van der Waals surface area contributed by atoms with Gasteiger partial charge in [0.2, 0.25) is 0 Å². The molecule has 0 amide bonds. The van der Waals surface area contributed by atoms with Crippen LogP contribution in [0.25, 0.3) is 0 Å². The Morgan fingerprint density at radius 3 is 2.65 bits per heavy atom. The number of ether oxygens (including phenoxy) is 2. The predicted octanol–water partition coefficient (Wildman–Crippen LogP) is 2.43. The molecule has 0 saturated heterocycles. The molecule has 20 heavy (non-hydrogen) atoms. The third-order valence-electron chi connectivity index (χ3n) is 3.39. The average Bonchev–Trinajstić information content (AvgIpc) is 2.50. The van der Waals surface area contributed by atoms with Crippen LogP contribution in [0.15, 0.2) is 17.0 Å². The van der Waals surface area contributed by atoms with Crippen LogP contribution in [0.4, 0.5) is 0 Å². The van der Waals surface area contributed by atoms with E-state index in [2.05, 4.69) is 23.7 Å². The highest BCUT2D eigenvalue weighted by Gasteiger charge is 2.15. The second-order valence-electron chi connectivity index (χ2n) is 4.84. The van der Waals surface area contributed by atoms with E-state index in [4.69, 9.17) is 9.47 Å². The summed E-state index contributed by atoms with van der Waals surface area (Å²) in [4.78, 5) is 1.21. The monoisotopic (exact) mass is 297 g/mol. The van der Waals surface area contributed by atoms with E-state index in [0.717, 1.165) is 37.4 Å². The summed E-state index contributed by atoms with van der Waals surface area (Å²) in [6.45, 7) is 4.83. The van der Waals surface area contributed by atoms with Gasteiger partial charge in [0.25, 0.3) is 0 Å². The van der Waals surface area contributed by atoms with E-state index in [9.17, 15) is 5.11 Å². The lowest BCUT2D eigenvalue weighted by Crippen LogP contribution is -2.21. The van der Waals surface area contributed by atoms with Crippen LogP contribution >= 0.6 is 11.8 Å². The standard InChI is InChI=1S/C15H23NO3S/c1-3-12(17)4-5-16-10-11-8-13-14(9-15(11)20-2)19-7-6-18-13/h8-9,12,16-17H,3-7,10H2,1-2H3.